The zero-order valence-electron chi connectivity index (χ0n) is 14.6. The summed E-state index contributed by atoms with van der Waals surface area (Å²) in [6.07, 6.45) is 0.683. The lowest BCUT2D eigenvalue weighted by atomic mass is 10.1. The fraction of sp³-hybridized carbons (Fsp3) is 0.211. The Kier molecular flexibility index (Phi) is 4.91. The number of hydrogen-bond acceptors (Lipinski definition) is 6. The number of anilines is 1. The lowest BCUT2D eigenvalue weighted by Gasteiger charge is -2.26. The number of nitrogens with zero attached hydrogens (tertiary/aromatic N) is 2. The van der Waals surface area contributed by atoms with Crippen LogP contribution in [0.2, 0.25) is 0 Å². The van der Waals surface area contributed by atoms with Crippen molar-refractivity contribution in [1.29, 1.82) is 0 Å². The van der Waals surface area contributed by atoms with Gasteiger partial charge < -0.3 is 9.64 Å². The fourth-order valence-electron chi connectivity index (χ4n) is 2.90. The van der Waals surface area contributed by atoms with Crippen LogP contribution in [-0.2, 0) is 13.0 Å². The molecule has 6 nitrogen and oxygen atoms in total. The molecule has 3 aromatic rings. The monoisotopic (exact) mass is 399 g/mol. The lowest BCUT2D eigenvalue weighted by molar-refractivity contribution is 0.0736. The minimum absolute atomic E-state index is 0.0134. The molecule has 0 aliphatic carbocycles. The highest BCUT2D eigenvalue weighted by Gasteiger charge is 2.25. The molecule has 4 rings (SSSR count). The Bertz CT molecular complexity index is 965. The van der Waals surface area contributed by atoms with Gasteiger partial charge in [-0.25, -0.2) is 4.98 Å². The van der Waals surface area contributed by atoms with E-state index in [1.165, 1.54) is 22.7 Å². The number of hydrogen-bond donors (Lipinski definition) is 1. The Morgan fingerprint density at radius 2 is 2.00 bits per heavy atom. The first-order valence-electron chi connectivity index (χ1n) is 8.39. The maximum absolute atomic E-state index is 12.7. The normalized spacial score (nSPS) is 13.1. The van der Waals surface area contributed by atoms with Crippen LogP contribution in [0.1, 0.15) is 31.3 Å². The van der Waals surface area contributed by atoms with Crippen molar-refractivity contribution in [3.63, 3.8) is 0 Å². The topological polar surface area (TPSA) is 71.5 Å². The third-order valence-corrected chi connectivity index (χ3v) is 6.04. The smallest absolute Gasteiger partial charge is 0.258 e. The van der Waals surface area contributed by atoms with E-state index in [2.05, 4.69) is 10.3 Å². The van der Waals surface area contributed by atoms with E-state index in [0.29, 0.717) is 35.8 Å². The van der Waals surface area contributed by atoms with Gasteiger partial charge in [-0.2, -0.15) is 11.3 Å². The first-order chi connectivity index (χ1) is 13.1. The number of carbonyl (C=O) groups excluding carboxylic acids is 2. The summed E-state index contributed by atoms with van der Waals surface area (Å²) in [6.45, 7) is 1.12. The molecule has 0 radical (unpaired) electrons. The maximum Gasteiger partial charge on any atom is 0.258 e. The van der Waals surface area contributed by atoms with Gasteiger partial charge in [-0.15, -0.1) is 0 Å². The van der Waals surface area contributed by atoms with Gasteiger partial charge >= 0.3 is 0 Å². The number of fused-ring (bicyclic) bond motifs is 1. The molecule has 0 saturated carbocycles. The van der Waals surface area contributed by atoms with Crippen molar-refractivity contribution >= 4 is 39.6 Å². The second kappa shape index (κ2) is 7.50. The van der Waals surface area contributed by atoms with Crippen molar-refractivity contribution in [3.05, 3.63) is 62.8 Å². The van der Waals surface area contributed by atoms with Gasteiger partial charge in [0.2, 0.25) is 0 Å². The molecule has 0 spiro atoms. The van der Waals surface area contributed by atoms with E-state index < -0.39 is 0 Å². The molecule has 1 aromatic carbocycles. The summed E-state index contributed by atoms with van der Waals surface area (Å²) in [5.41, 5.74) is 2.22. The van der Waals surface area contributed by atoms with Gasteiger partial charge in [-0.3, -0.25) is 14.9 Å². The van der Waals surface area contributed by atoms with Gasteiger partial charge in [0.1, 0.15) is 5.75 Å². The molecule has 27 heavy (non-hydrogen) atoms. The van der Waals surface area contributed by atoms with Crippen LogP contribution in [-0.4, -0.2) is 35.4 Å². The Balaban J connectivity index is 1.45. The number of amides is 2. The molecule has 2 aromatic heterocycles. The van der Waals surface area contributed by atoms with Crippen molar-refractivity contribution < 1.29 is 14.3 Å². The zero-order valence-corrected chi connectivity index (χ0v) is 16.2. The quantitative estimate of drug-likeness (QED) is 0.727. The average molecular weight is 399 g/mol. The van der Waals surface area contributed by atoms with Crippen molar-refractivity contribution in [2.45, 2.75) is 13.0 Å². The largest absolute Gasteiger partial charge is 0.497 e. The summed E-state index contributed by atoms with van der Waals surface area (Å²) in [5.74, 6) is 0.551. The molecule has 1 N–H and O–H groups in total. The predicted molar refractivity (Wildman–Crippen MR) is 106 cm³/mol. The van der Waals surface area contributed by atoms with Crippen LogP contribution in [0.5, 0.6) is 5.75 Å². The van der Waals surface area contributed by atoms with Crippen LogP contribution in [0.25, 0.3) is 0 Å². The van der Waals surface area contributed by atoms with E-state index in [1.54, 1.807) is 42.8 Å². The fourth-order valence-corrected chi connectivity index (χ4v) is 4.56. The van der Waals surface area contributed by atoms with Gasteiger partial charge in [-0.05, 0) is 35.7 Å². The Labute approximate surface area is 164 Å². The zero-order chi connectivity index (χ0) is 18.8. The third kappa shape index (κ3) is 3.72. The molecule has 1 aliphatic rings. The maximum atomic E-state index is 12.7. The van der Waals surface area contributed by atoms with Crippen LogP contribution >= 0.6 is 22.7 Å². The second-order valence-electron chi connectivity index (χ2n) is 6.06. The molecule has 0 atom stereocenters. The number of thiophene rings is 1. The van der Waals surface area contributed by atoms with Crippen LogP contribution in [0, 0.1) is 0 Å². The van der Waals surface area contributed by atoms with E-state index in [4.69, 9.17) is 4.74 Å². The van der Waals surface area contributed by atoms with E-state index >= 15 is 0 Å². The highest BCUT2D eigenvalue weighted by molar-refractivity contribution is 7.16. The molecule has 0 unspecified atom stereocenters. The summed E-state index contributed by atoms with van der Waals surface area (Å²) >= 11 is 2.91. The average Bonchev–Trinajstić information content (AvgIpc) is 3.36. The number of thiazole rings is 1. The van der Waals surface area contributed by atoms with Crippen molar-refractivity contribution in [3.8, 4) is 5.75 Å². The number of nitrogens with one attached hydrogen (secondary N) is 1. The first-order valence-corrected chi connectivity index (χ1v) is 10.2. The van der Waals surface area contributed by atoms with Gasteiger partial charge in [0, 0.05) is 28.8 Å². The van der Waals surface area contributed by atoms with Crippen LogP contribution in [0.4, 0.5) is 5.13 Å². The number of carbonyl (C=O) groups is 2. The Hall–Kier alpha value is -2.71. The molecule has 138 valence electrons. The van der Waals surface area contributed by atoms with Crippen LogP contribution in [0.3, 0.4) is 0 Å². The van der Waals surface area contributed by atoms with Crippen molar-refractivity contribution in [2.75, 3.05) is 19.0 Å². The van der Waals surface area contributed by atoms with Crippen LogP contribution < -0.4 is 10.1 Å². The van der Waals surface area contributed by atoms with E-state index in [0.717, 1.165) is 16.3 Å². The minimum atomic E-state index is -0.159. The van der Waals surface area contributed by atoms with Crippen LogP contribution in [0.15, 0.2) is 41.1 Å². The molecule has 0 saturated heterocycles. The molecule has 0 bridgehead atoms. The lowest BCUT2D eigenvalue weighted by Crippen LogP contribution is -2.35. The van der Waals surface area contributed by atoms with Crippen molar-refractivity contribution in [1.82, 2.24) is 9.88 Å². The molecule has 3 heterocycles. The summed E-state index contributed by atoms with van der Waals surface area (Å²) in [4.78, 5) is 32.3. The summed E-state index contributed by atoms with van der Waals surface area (Å²) < 4.78 is 5.14. The van der Waals surface area contributed by atoms with Crippen molar-refractivity contribution in [2.24, 2.45) is 0 Å². The molecule has 8 heteroatoms. The Morgan fingerprint density at radius 1 is 1.19 bits per heavy atom. The SMILES string of the molecule is COc1ccc(C(=O)N2CCc3nc(NC(=O)c4ccsc4)sc3C2)cc1. The summed E-state index contributed by atoms with van der Waals surface area (Å²) in [7, 11) is 1.60. The highest BCUT2D eigenvalue weighted by Crippen LogP contribution is 2.29. The number of ether oxygens (including phenoxy) is 1. The number of benzene rings is 1. The summed E-state index contributed by atoms with van der Waals surface area (Å²) in [5, 5.41) is 7.10. The third-order valence-electron chi connectivity index (χ3n) is 4.36. The molecule has 1 aliphatic heterocycles. The Morgan fingerprint density at radius 3 is 2.70 bits per heavy atom. The van der Waals surface area contributed by atoms with E-state index in [-0.39, 0.29) is 11.8 Å². The molecule has 2 amide bonds. The second-order valence-corrected chi connectivity index (χ2v) is 7.92. The first kappa shape index (κ1) is 17.7. The van der Waals surface area contributed by atoms with E-state index in [1.807, 2.05) is 10.3 Å². The van der Waals surface area contributed by atoms with Gasteiger partial charge in [0.15, 0.2) is 5.13 Å². The standard InChI is InChI=1S/C19H17N3O3S2/c1-25-14-4-2-12(3-5-14)18(24)22-8-6-15-16(10-22)27-19(20-15)21-17(23)13-7-9-26-11-13/h2-5,7,9,11H,6,8,10H2,1H3,(H,20,21,23). The minimum Gasteiger partial charge on any atom is -0.497 e. The van der Waals surface area contributed by atoms with Gasteiger partial charge in [-0.1, -0.05) is 11.3 Å². The van der Waals surface area contributed by atoms with Gasteiger partial charge in [0.25, 0.3) is 11.8 Å². The van der Waals surface area contributed by atoms with E-state index in [9.17, 15) is 9.59 Å². The highest BCUT2D eigenvalue weighted by atomic mass is 32.1. The number of rotatable bonds is 4. The molecule has 0 fully saturated rings. The molecular formula is C19H17N3O3S2. The summed E-state index contributed by atoms with van der Waals surface area (Å²) in [6, 6.07) is 8.90. The number of methoxy groups -OCH3 is 1. The predicted octanol–water partition coefficient (Wildman–Crippen LogP) is 3.66. The van der Waals surface area contributed by atoms with Gasteiger partial charge in [0.05, 0.1) is 24.9 Å². The molecular weight excluding hydrogens is 382 g/mol. The number of aromatic nitrogens is 1.